The van der Waals surface area contributed by atoms with Crippen LogP contribution in [0.25, 0.3) is 0 Å². The smallest absolute Gasteiger partial charge is 0.0752 e. The minimum Gasteiger partial charge on any atom is -0.375 e. The van der Waals surface area contributed by atoms with Gasteiger partial charge in [-0.25, -0.2) is 0 Å². The van der Waals surface area contributed by atoms with Crippen LogP contribution in [0.15, 0.2) is 0 Å². The average molecular weight is 228 g/mol. The minimum absolute atomic E-state index is 0.0202. The van der Waals surface area contributed by atoms with Crippen molar-refractivity contribution in [1.82, 2.24) is 10.2 Å². The van der Waals surface area contributed by atoms with Gasteiger partial charge in [0.1, 0.15) is 0 Å². The molecule has 1 heterocycles. The van der Waals surface area contributed by atoms with Crippen LogP contribution < -0.4 is 5.32 Å². The summed E-state index contributed by atoms with van der Waals surface area (Å²) in [6.45, 7) is 16.2. The number of nitrogens with one attached hydrogen (secondary N) is 1. The largest absolute Gasteiger partial charge is 0.375 e. The summed E-state index contributed by atoms with van der Waals surface area (Å²) in [5.41, 5.74) is -0.0202. The summed E-state index contributed by atoms with van der Waals surface area (Å²) >= 11 is 0. The lowest BCUT2D eigenvalue weighted by atomic mass is 10.0. The number of ether oxygens (including phenoxy) is 1. The van der Waals surface area contributed by atoms with Crippen LogP contribution in [0.5, 0.6) is 0 Å². The highest BCUT2D eigenvalue weighted by molar-refractivity contribution is 4.84. The molecule has 0 saturated carbocycles. The summed E-state index contributed by atoms with van der Waals surface area (Å²) in [6.07, 6.45) is 0. The maximum Gasteiger partial charge on any atom is 0.0752 e. The maximum absolute atomic E-state index is 5.77. The summed E-state index contributed by atoms with van der Waals surface area (Å²) in [6, 6.07) is 0.631. The highest BCUT2D eigenvalue weighted by atomic mass is 16.5. The van der Waals surface area contributed by atoms with Gasteiger partial charge in [0.25, 0.3) is 0 Å². The first kappa shape index (κ1) is 13.9. The monoisotopic (exact) mass is 228 g/mol. The third-order valence-electron chi connectivity index (χ3n) is 3.23. The molecule has 1 fully saturated rings. The second-order valence-corrected chi connectivity index (χ2v) is 5.73. The molecule has 0 radical (unpaired) electrons. The normalized spacial score (nSPS) is 24.0. The van der Waals surface area contributed by atoms with Crippen molar-refractivity contribution in [2.75, 3.05) is 32.8 Å². The van der Waals surface area contributed by atoms with Gasteiger partial charge >= 0.3 is 0 Å². The van der Waals surface area contributed by atoms with E-state index >= 15 is 0 Å². The van der Waals surface area contributed by atoms with Crippen molar-refractivity contribution in [3.63, 3.8) is 0 Å². The van der Waals surface area contributed by atoms with Crippen LogP contribution in [-0.2, 0) is 4.74 Å². The molecule has 0 bridgehead atoms. The zero-order chi connectivity index (χ0) is 12.2. The van der Waals surface area contributed by atoms with Crippen molar-refractivity contribution >= 4 is 0 Å². The number of hydrogen-bond acceptors (Lipinski definition) is 3. The topological polar surface area (TPSA) is 24.5 Å². The van der Waals surface area contributed by atoms with Crippen molar-refractivity contribution in [3.05, 3.63) is 0 Å². The van der Waals surface area contributed by atoms with Gasteiger partial charge in [0.05, 0.1) is 5.60 Å². The molecule has 3 heteroatoms. The van der Waals surface area contributed by atoms with E-state index in [2.05, 4.69) is 44.8 Å². The summed E-state index contributed by atoms with van der Waals surface area (Å²) in [7, 11) is 0. The van der Waals surface area contributed by atoms with Gasteiger partial charge in [-0.1, -0.05) is 13.8 Å². The Hall–Kier alpha value is -0.120. The molecule has 96 valence electrons. The average Bonchev–Trinajstić information content (AvgIpc) is 2.17. The Bertz CT molecular complexity index is 204. The first-order chi connectivity index (χ1) is 7.44. The van der Waals surface area contributed by atoms with E-state index in [4.69, 9.17) is 4.74 Å². The molecule has 16 heavy (non-hydrogen) atoms. The van der Waals surface area contributed by atoms with Crippen molar-refractivity contribution in [1.29, 1.82) is 0 Å². The Morgan fingerprint density at radius 2 is 2.12 bits per heavy atom. The lowest BCUT2D eigenvalue weighted by Crippen LogP contribution is -2.55. The first-order valence-electron chi connectivity index (χ1n) is 6.54. The third-order valence-corrected chi connectivity index (χ3v) is 3.23. The molecule has 1 aliphatic rings. The molecule has 1 saturated heterocycles. The van der Waals surface area contributed by atoms with E-state index in [1.807, 2.05) is 0 Å². The van der Waals surface area contributed by atoms with Gasteiger partial charge in [-0.3, -0.25) is 4.90 Å². The zero-order valence-electron chi connectivity index (χ0n) is 11.5. The third kappa shape index (κ3) is 4.40. The van der Waals surface area contributed by atoms with Gasteiger partial charge in [0.2, 0.25) is 0 Å². The first-order valence-corrected chi connectivity index (χ1v) is 6.54. The van der Waals surface area contributed by atoms with Gasteiger partial charge in [-0.2, -0.15) is 0 Å². The highest BCUT2D eigenvalue weighted by Crippen LogP contribution is 2.15. The molecule has 0 aromatic heterocycles. The molecule has 1 N–H and O–H groups in total. The number of piperazine rings is 1. The molecule has 1 unspecified atom stereocenters. The molecular weight excluding hydrogens is 200 g/mol. The SMILES string of the molecule is CCOC(C)(C)CN1CCNC(C(C)C)C1. The van der Waals surface area contributed by atoms with E-state index in [0.717, 1.165) is 32.8 Å². The van der Waals surface area contributed by atoms with Crippen molar-refractivity contribution in [2.24, 2.45) is 5.92 Å². The highest BCUT2D eigenvalue weighted by Gasteiger charge is 2.27. The quantitative estimate of drug-likeness (QED) is 0.775. The molecule has 1 atom stereocenters. The van der Waals surface area contributed by atoms with E-state index in [1.165, 1.54) is 0 Å². The van der Waals surface area contributed by atoms with Crippen LogP contribution in [-0.4, -0.2) is 49.3 Å². The molecule has 0 aliphatic carbocycles. The van der Waals surface area contributed by atoms with E-state index in [9.17, 15) is 0 Å². The maximum atomic E-state index is 5.77. The number of nitrogens with zero attached hydrogens (tertiary/aromatic N) is 1. The van der Waals surface area contributed by atoms with Gasteiger partial charge in [-0.05, 0) is 26.7 Å². The Morgan fingerprint density at radius 1 is 1.44 bits per heavy atom. The fourth-order valence-corrected chi connectivity index (χ4v) is 2.41. The molecule has 1 rings (SSSR count). The molecule has 0 aromatic rings. The van der Waals surface area contributed by atoms with Crippen molar-refractivity contribution in [2.45, 2.75) is 46.3 Å². The van der Waals surface area contributed by atoms with Crippen molar-refractivity contribution in [3.8, 4) is 0 Å². The van der Waals surface area contributed by atoms with Crippen molar-refractivity contribution < 1.29 is 4.74 Å². The predicted molar refractivity (Wildman–Crippen MR) is 68.8 cm³/mol. The molecular formula is C13H28N2O. The summed E-state index contributed by atoms with van der Waals surface area (Å²) < 4.78 is 5.77. The molecule has 1 aliphatic heterocycles. The van der Waals surface area contributed by atoms with Crippen LogP contribution in [0, 0.1) is 5.92 Å². The van der Waals surface area contributed by atoms with Crippen LogP contribution >= 0.6 is 0 Å². The van der Waals surface area contributed by atoms with Crippen LogP contribution in [0.4, 0.5) is 0 Å². The Labute approximate surface area is 101 Å². The number of hydrogen-bond donors (Lipinski definition) is 1. The minimum atomic E-state index is -0.0202. The lowest BCUT2D eigenvalue weighted by Gasteiger charge is -2.39. The standard InChI is InChI=1S/C13H28N2O/c1-6-16-13(4,5)10-15-8-7-14-12(9-15)11(2)3/h11-12,14H,6-10H2,1-5H3. The van der Waals surface area contributed by atoms with Crippen LogP contribution in [0.1, 0.15) is 34.6 Å². The predicted octanol–water partition coefficient (Wildman–Crippen LogP) is 1.73. The lowest BCUT2D eigenvalue weighted by molar-refractivity contribution is -0.0395. The van der Waals surface area contributed by atoms with Crippen LogP contribution in [0.2, 0.25) is 0 Å². The Morgan fingerprint density at radius 3 is 2.69 bits per heavy atom. The van der Waals surface area contributed by atoms with E-state index in [1.54, 1.807) is 0 Å². The van der Waals surface area contributed by atoms with Crippen LogP contribution in [0.3, 0.4) is 0 Å². The molecule has 0 spiro atoms. The van der Waals surface area contributed by atoms with Gasteiger partial charge in [-0.15, -0.1) is 0 Å². The van der Waals surface area contributed by atoms with Gasteiger partial charge in [0.15, 0.2) is 0 Å². The Kier molecular flexibility index (Phi) is 5.22. The summed E-state index contributed by atoms with van der Waals surface area (Å²) in [4.78, 5) is 2.52. The number of rotatable bonds is 5. The second-order valence-electron chi connectivity index (χ2n) is 5.73. The van der Waals surface area contributed by atoms with E-state index in [0.29, 0.717) is 12.0 Å². The molecule has 0 aromatic carbocycles. The van der Waals surface area contributed by atoms with Gasteiger partial charge in [0, 0.05) is 38.8 Å². The van der Waals surface area contributed by atoms with Gasteiger partial charge < -0.3 is 10.1 Å². The Balaban J connectivity index is 2.42. The summed E-state index contributed by atoms with van der Waals surface area (Å²) in [5, 5.41) is 3.58. The fourth-order valence-electron chi connectivity index (χ4n) is 2.41. The molecule has 0 amide bonds. The van der Waals surface area contributed by atoms with E-state index in [-0.39, 0.29) is 5.60 Å². The molecule has 3 nitrogen and oxygen atoms in total. The van der Waals surface area contributed by atoms with E-state index < -0.39 is 0 Å². The summed E-state index contributed by atoms with van der Waals surface area (Å²) in [5.74, 6) is 0.706. The second kappa shape index (κ2) is 5.99. The zero-order valence-corrected chi connectivity index (χ0v) is 11.5. The fraction of sp³-hybridized carbons (Fsp3) is 1.00.